The monoisotopic (exact) mass is 711 g/mol. The maximum atomic E-state index is 15.4. The second kappa shape index (κ2) is 13.3. The summed E-state index contributed by atoms with van der Waals surface area (Å²) in [6.45, 7) is 0.783. The van der Waals surface area contributed by atoms with Crippen molar-refractivity contribution >= 4 is 23.7 Å². The molecular formula is C36H31F6N5O4. The van der Waals surface area contributed by atoms with Crippen LogP contribution in [-0.2, 0) is 16.4 Å². The highest BCUT2D eigenvalue weighted by Gasteiger charge is 2.45. The number of fused-ring (bicyclic) bond motifs is 1. The standard InChI is InChI=1S/C36H31F6N5O4/c1-35(34(44)49)16-51-32-25(35)12-28(47-31(32)22-11-24(36(40,41)42)27(39)13-26(22)38)23(17-4-3-5-20(37)9-17)15-46-33(48)18-8-19(14-45-21-6-7-21)30(43)29(10-18)50-2/h3-5,8-14,21,23H,6-7,15-16,43H2,1-2H3,(H2,44,49)(H,46,48)/t23-,35-/m0/s1. The molecule has 4 aromatic rings. The predicted molar refractivity (Wildman–Crippen MR) is 175 cm³/mol. The van der Waals surface area contributed by atoms with Crippen molar-refractivity contribution in [3.05, 3.63) is 106 Å². The van der Waals surface area contributed by atoms with Gasteiger partial charge in [-0.05, 0) is 61.7 Å². The molecule has 5 N–H and O–H groups in total. The van der Waals surface area contributed by atoms with Crippen molar-refractivity contribution in [1.29, 1.82) is 0 Å². The number of aliphatic imine (C=N–C) groups is 1. The first-order valence-electron chi connectivity index (χ1n) is 15.7. The summed E-state index contributed by atoms with van der Waals surface area (Å²) in [5.74, 6) is -6.43. The fraction of sp³-hybridized carbons (Fsp3) is 0.278. The number of nitrogens with one attached hydrogen (secondary N) is 1. The van der Waals surface area contributed by atoms with Gasteiger partial charge in [0.2, 0.25) is 5.91 Å². The highest BCUT2D eigenvalue weighted by atomic mass is 19.4. The Morgan fingerprint density at radius 1 is 1.12 bits per heavy atom. The maximum absolute atomic E-state index is 15.4. The minimum Gasteiger partial charge on any atom is -0.495 e. The fourth-order valence-corrected chi connectivity index (χ4v) is 5.79. The van der Waals surface area contributed by atoms with E-state index in [0.29, 0.717) is 5.56 Å². The van der Waals surface area contributed by atoms with Gasteiger partial charge in [-0.25, -0.2) is 18.2 Å². The molecule has 2 heterocycles. The molecule has 1 aliphatic heterocycles. The van der Waals surface area contributed by atoms with Crippen LogP contribution in [0, 0.1) is 17.5 Å². The minimum absolute atomic E-state index is 0.0166. The lowest BCUT2D eigenvalue weighted by Gasteiger charge is -2.23. The van der Waals surface area contributed by atoms with E-state index in [9.17, 15) is 31.5 Å². The Morgan fingerprint density at radius 3 is 2.51 bits per heavy atom. The number of nitrogen functional groups attached to an aromatic ring is 1. The van der Waals surface area contributed by atoms with Crippen molar-refractivity contribution in [3.63, 3.8) is 0 Å². The first-order chi connectivity index (χ1) is 24.1. The van der Waals surface area contributed by atoms with Crippen LogP contribution in [-0.4, -0.2) is 49.3 Å². The topological polar surface area (TPSA) is 142 Å². The van der Waals surface area contributed by atoms with Gasteiger partial charge in [0, 0.05) is 47.0 Å². The molecule has 2 amide bonds. The van der Waals surface area contributed by atoms with E-state index in [-0.39, 0.29) is 70.9 Å². The number of carbonyl (C=O) groups excluding carboxylic acids is 2. The van der Waals surface area contributed by atoms with Gasteiger partial charge in [0.15, 0.2) is 0 Å². The average molecular weight is 712 g/mol. The van der Waals surface area contributed by atoms with Crippen LogP contribution in [0.15, 0.2) is 59.6 Å². The summed E-state index contributed by atoms with van der Waals surface area (Å²) in [6.07, 6.45) is -1.75. The lowest BCUT2D eigenvalue weighted by molar-refractivity contribution is -0.140. The van der Waals surface area contributed by atoms with Crippen LogP contribution in [0.1, 0.15) is 64.0 Å². The third-order valence-electron chi connectivity index (χ3n) is 8.96. The number of aromatic nitrogens is 1. The number of ether oxygens (including phenoxy) is 2. The summed E-state index contributed by atoms with van der Waals surface area (Å²) in [5.41, 5.74) is 8.54. The number of benzene rings is 3. The molecule has 0 unspecified atom stereocenters. The normalized spacial score (nSPS) is 17.6. The molecule has 2 aliphatic rings. The second-order valence-corrected chi connectivity index (χ2v) is 12.6. The zero-order valence-electron chi connectivity index (χ0n) is 27.2. The molecule has 3 aromatic carbocycles. The van der Waals surface area contributed by atoms with Gasteiger partial charge in [-0.2, -0.15) is 13.2 Å². The fourth-order valence-electron chi connectivity index (χ4n) is 5.79. The number of anilines is 1. The number of pyridine rings is 1. The minimum atomic E-state index is -5.20. The van der Waals surface area contributed by atoms with Gasteiger partial charge in [0.05, 0.1) is 30.1 Å². The summed E-state index contributed by atoms with van der Waals surface area (Å²) < 4.78 is 96.7. The number of primary amides is 1. The van der Waals surface area contributed by atoms with E-state index in [0.717, 1.165) is 18.9 Å². The number of methoxy groups -OCH3 is 1. The molecular weight excluding hydrogens is 680 g/mol. The van der Waals surface area contributed by atoms with Crippen LogP contribution in [0.25, 0.3) is 11.3 Å². The number of alkyl halides is 3. The Labute approximate surface area is 287 Å². The van der Waals surface area contributed by atoms with Gasteiger partial charge in [-0.15, -0.1) is 0 Å². The number of halogens is 6. The first kappa shape index (κ1) is 35.2. The highest BCUT2D eigenvalue weighted by Crippen LogP contribution is 2.47. The summed E-state index contributed by atoms with van der Waals surface area (Å²) in [5, 5.41) is 2.77. The van der Waals surface area contributed by atoms with Crippen LogP contribution >= 0.6 is 0 Å². The van der Waals surface area contributed by atoms with Gasteiger partial charge in [-0.1, -0.05) is 12.1 Å². The first-order valence-corrected chi connectivity index (χ1v) is 15.7. The summed E-state index contributed by atoms with van der Waals surface area (Å²) in [6, 6.07) is 10.1. The van der Waals surface area contributed by atoms with Crippen LogP contribution < -0.4 is 26.3 Å². The van der Waals surface area contributed by atoms with Crippen molar-refractivity contribution in [1.82, 2.24) is 10.3 Å². The Balaban J connectivity index is 1.47. The van der Waals surface area contributed by atoms with E-state index in [1.54, 1.807) is 6.21 Å². The largest absolute Gasteiger partial charge is 0.495 e. The summed E-state index contributed by atoms with van der Waals surface area (Å²) in [7, 11) is 1.39. The van der Waals surface area contributed by atoms with Gasteiger partial charge >= 0.3 is 6.18 Å². The smallest absolute Gasteiger partial charge is 0.419 e. The van der Waals surface area contributed by atoms with Crippen molar-refractivity contribution in [2.75, 3.05) is 26.0 Å². The van der Waals surface area contributed by atoms with Gasteiger partial charge < -0.3 is 26.3 Å². The molecule has 6 rings (SSSR count). The van der Waals surface area contributed by atoms with Crippen molar-refractivity contribution in [2.24, 2.45) is 10.7 Å². The third kappa shape index (κ3) is 6.92. The number of hydrogen-bond donors (Lipinski definition) is 3. The molecule has 2 atom stereocenters. The van der Waals surface area contributed by atoms with Gasteiger partial charge in [0.1, 0.15) is 46.7 Å². The molecule has 15 heteroatoms. The molecule has 0 spiro atoms. The zero-order valence-corrected chi connectivity index (χ0v) is 27.2. The molecule has 1 aliphatic carbocycles. The molecule has 266 valence electrons. The third-order valence-corrected chi connectivity index (χ3v) is 8.96. The molecule has 0 saturated heterocycles. The number of nitrogens with zero attached hydrogens (tertiary/aromatic N) is 2. The Bertz CT molecular complexity index is 2080. The van der Waals surface area contributed by atoms with Crippen molar-refractivity contribution in [3.8, 4) is 22.8 Å². The molecule has 1 aromatic heterocycles. The Hall–Kier alpha value is -5.60. The van der Waals surface area contributed by atoms with Crippen molar-refractivity contribution in [2.45, 2.75) is 43.3 Å². The maximum Gasteiger partial charge on any atom is 0.419 e. The lowest BCUT2D eigenvalue weighted by atomic mass is 9.81. The van der Waals surface area contributed by atoms with E-state index in [1.165, 1.54) is 50.4 Å². The van der Waals surface area contributed by atoms with Crippen LogP contribution in [0.4, 0.5) is 32.0 Å². The number of carbonyl (C=O) groups is 2. The SMILES string of the molecule is COc1cc(C(=O)NC[C@@H](c2cccc(F)c2)c2cc3c(c(-c4cc(C(F)(F)F)c(F)cc4F)n2)OC[C@]3(C)C(N)=O)cc(C=NC2CC2)c1N. The average Bonchev–Trinajstić information content (AvgIpc) is 3.84. The van der Waals surface area contributed by atoms with Crippen LogP contribution in [0.3, 0.4) is 0 Å². The molecule has 0 radical (unpaired) electrons. The molecule has 9 nitrogen and oxygen atoms in total. The summed E-state index contributed by atoms with van der Waals surface area (Å²) in [4.78, 5) is 35.2. The van der Waals surface area contributed by atoms with Gasteiger partial charge in [0.25, 0.3) is 5.91 Å². The molecule has 51 heavy (non-hydrogen) atoms. The number of hydrogen-bond acceptors (Lipinski definition) is 7. The van der Waals surface area contributed by atoms with E-state index >= 15 is 4.39 Å². The van der Waals surface area contributed by atoms with E-state index in [2.05, 4.69) is 15.3 Å². The highest BCUT2D eigenvalue weighted by molar-refractivity contribution is 5.99. The zero-order chi connectivity index (χ0) is 36.8. The molecule has 1 saturated carbocycles. The van der Waals surface area contributed by atoms with Crippen molar-refractivity contribution < 1.29 is 45.4 Å². The Morgan fingerprint density at radius 2 is 1.86 bits per heavy atom. The van der Waals surface area contributed by atoms with Crippen LogP contribution in [0.2, 0.25) is 0 Å². The molecule has 1 fully saturated rings. The number of nitrogens with two attached hydrogens (primary N) is 2. The quantitative estimate of drug-likeness (QED) is 0.104. The summed E-state index contributed by atoms with van der Waals surface area (Å²) >= 11 is 0. The number of rotatable bonds is 10. The molecule has 0 bridgehead atoms. The van der Waals surface area contributed by atoms with E-state index in [4.69, 9.17) is 20.9 Å². The Kier molecular flexibility index (Phi) is 9.16. The van der Waals surface area contributed by atoms with Gasteiger partial charge in [-0.3, -0.25) is 14.6 Å². The lowest BCUT2D eigenvalue weighted by Crippen LogP contribution is -2.40. The predicted octanol–water partition coefficient (Wildman–Crippen LogP) is 6.05. The number of amides is 2. The van der Waals surface area contributed by atoms with Crippen LogP contribution in [0.5, 0.6) is 11.5 Å². The van der Waals surface area contributed by atoms with E-state index in [1.807, 2.05) is 0 Å². The van der Waals surface area contributed by atoms with E-state index < -0.39 is 63.6 Å². The second-order valence-electron chi connectivity index (χ2n) is 12.6.